The van der Waals surface area contributed by atoms with E-state index in [1.54, 1.807) is 31.4 Å². The van der Waals surface area contributed by atoms with E-state index in [0.717, 1.165) is 6.29 Å². The number of rotatable bonds is 4. The highest BCUT2D eigenvalue weighted by Crippen LogP contribution is 1.92. The second-order valence-corrected chi connectivity index (χ2v) is 1.85. The third-order valence-corrected chi connectivity index (χ3v) is 0.999. The third kappa shape index (κ3) is 5.15. The van der Waals surface area contributed by atoms with Gasteiger partial charge in [-0.25, -0.2) is 0 Å². The zero-order valence-electron chi connectivity index (χ0n) is 6.78. The Morgan fingerprint density at radius 3 is 2.64 bits per heavy atom. The molecular weight excluding hydrogens is 140 g/mol. The van der Waals surface area contributed by atoms with Crippen LogP contribution in [0.5, 0.6) is 0 Å². The van der Waals surface area contributed by atoms with Crippen molar-refractivity contribution >= 4 is 6.29 Å². The summed E-state index contributed by atoms with van der Waals surface area (Å²) in [4.78, 5) is 10.3. The molecule has 0 N–H and O–H groups in total. The highest BCUT2D eigenvalue weighted by molar-refractivity contribution is 5.77. The first kappa shape index (κ1) is 9.69. The fraction of sp³-hybridized carbons (Fsp3) is 0.222. The van der Waals surface area contributed by atoms with Crippen molar-refractivity contribution in [2.45, 2.75) is 6.92 Å². The van der Waals surface area contributed by atoms with Gasteiger partial charge in [-0.1, -0.05) is 12.2 Å². The number of allylic oxidation sites excluding steroid dienone is 5. The number of methoxy groups -OCH3 is 1. The fourth-order valence-electron chi connectivity index (χ4n) is 0.556. The molecule has 0 aliphatic heterocycles. The molecule has 0 aromatic carbocycles. The van der Waals surface area contributed by atoms with Gasteiger partial charge >= 0.3 is 0 Å². The maximum absolute atomic E-state index is 10.3. The number of ether oxygens (including phenoxy) is 1. The van der Waals surface area contributed by atoms with Gasteiger partial charge in [0.25, 0.3) is 0 Å². The molecule has 0 saturated carbocycles. The molecule has 0 radical (unpaired) electrons. The smallest absolute Gasteiger partial charge is 0.150 e. The summed E-state index contributed by atoms with van der Waals surface area (Å²) in [6.07, 6.45) is 9.18. The average Bonchev–Trinajstić information content (AvgIpc) is 2.03. The second kappa shape index (κ2) is 6.81. The lowest BCUT2D eigenvalue weighted by Crippen LogP contribution is -1.76. The molecule has 0 rings (SSSR count). The molecule has 0 aliphatic carbocycles. The highest BCUT2D eigenvalue weighted by atomic mass is 16.5. The van der Waals surface area contributed by atoms with Gasteiger partial charge in [0.05, 0.1) is 13.4 Å². The predicted octanol–water partition coefficient (Wildman–Crippen LogP) is 1.85. The summed E-state index contributed by atoms with van der Waals surface area (Å²) in [6.45, 7) is 1.86. The van der Waals surface area contributed by atoms with Gasteiger partial charge in [0.1, 0.15) is 6.29 Å². The lowest BCUT2D eigenvalue weighted by atomic mass is 10.2. The summed E-state index contributed by atoms with van der Waals surface area (Å²) in [6, 6.07) is 0. The van der Waals surface area contributed by atoms with Crippen LogP contribution in [0.3, 0.4) is 0 Å². The van der Waals surface area contributed by atoms with Gasteiger partial charge < -0.3 is 4.74 Å². The molecule has 0 fully saturated rings. The van der Waals surface area contributed by atoms with Crippen LogP contribution in [-0.2, 0) is 9.53 Å². The largest absolute Gasteiger partial charge is 0.504 e. The first-order valence-electron chi connectivity index (χ1n) is 3.32. The van der Waals surface area contributed by atoms with E-state index in [4.69, 9.17) is 0 Å². The van der Waals surface area contributed by atoms with E-state index in [1.807, 2.05) is 6.92 Å². The zero-order valence-corrected chi connectivity index (χ0v) is 6.78. The van der Waals surface area contributed by atoms with Gasteiger partial charge in [0.15, 0.2) is 0 Å². The maximum atomic E-state index is 10.3. The topological polar surface area (TPSA) is 26.3 Å². The minimum absolute atomic E-state index is 0.626. The molecule has 0 aromatic heterocycles. The molecule has 0 atom stereocenters. The van der Waals surface area contributed by atoms with Crippen LogP contribution < -0.4 is 0 Å². The summed E-state index contributed by atoms with van der Waals surface area (Å²) in [5.41, 5.74) is 0.626. The first-order valence-corrected chi connectivity index (χ1v) is 3.32. The Morgan fingerprint density at radius 2 is 2.18 bits per heavy atom. The van der Waals surface area contributed by atoms with Crippen molar-refractivity contribution in [1.29, 1.82) is 0 Å². The van der Waals surface area contributed by atoms with Gasteiger partial charge in [-0.05, 0) is 19.1 Å². The number of carbonyl (C=O) groups excluding carboxylic acids is 1. The van der Waals surface area contributed by atoms with Crippen LogP contribution in [0.15, 0.2) is 36.1 Å². The molecule has 0 unspecified atom stereocenters. The van der Waals surface area contributed by atoms with Crippen LogP contribution >= 0.6 is 0 Å². The Balaban J connectivity index is 4.11. The highest BCUT2D eigenvalue weighted by Gasteiger charge is 1.82. The normalized spacial score (nSPS) is 12.7. The van der Waals surface area contributed by atoms with E-state index in [1.165, 1.54) is 6.26 Å². The number of aldehydes is 1. The van der Waals surface area contributed by atoms with E-state index >= 15 is 0 Å². The van der Waals surface area contributed by atoms with Gasteiger partial charge in [-0.15, -0.1) is 0 Å². The molecule has 0 spiro atoms. The van der Waals surface area contributed by atoms with Crippen molar-refractivity contribution in [3.63, 3.8) is 0 Å². The molecule has 0 amide bonds. The molecule has 0 aliphatic rings. The van der Waals surface area contributed by atoms with E-state index in [0.29, 0.717) is 5.57 Å². The third-order valence-electron chi connectivity index (χ3n) is 0.999. The Kier molecular flexibility index (Phi) is 5.99. The van der Waals surface area contributed by atoms with E-state index in [9.17, 15) is 4.79 Å². The van der Waals surface area contributed by atoms with E-state index in [-0.39, 0.29) is 0 Å². The molecule has 0 aromatic rings. The number of hydrogen-bond donors (Lipinski definition) is 0. The molecule has 2 nitrogen and oxygen atoms in total. The molecular formula is C9H12O2. The molecule has 2 heteroatoms. The number of hydrogen-bond acceptors (Lipinski definition) is 2. The molecule has 0 bridgehead atoms. The Morgan fingerprint density at radius 1 is 1.45 bits per heavy atom. The second-order valence-electron chi connectivity index (χ2n) is 1.85. The maximum Gasteiger partial charge on any atom is 0.150 e. The first-order chi connectivity index (χ1) is 5.35. The monoisotopic (exact) mass is 152 g/mol. The molecule has 0 saturated heterocycles. The van der Waals surface area contributed by atoms with Crippen LogP contribution in [0.4, 0.5) is 0 Å². The summed E-state index contributed by atoms with van der Waals surface area (Å²) in [5, 5.41) is 0. The summed E-state index contributed by atoms with van der Waals surface area (Å²) >= 11 is 0. The van der Waals surface area contributed by atoms with Crippen LogP contribution in [-0.4, -0.2) is 13.4 Å². The summed E-state index contributed by atoms with van der Waals surface area (Å²) in [7, 11) is 1.56. The van der Waals surface area contributed by atoms with Crippen LogP contribution in [0, 0.1) is 0 Å². The van der Waals surface area contributed by atoms with Crippen molar-refractivity contribution in [3.8, 4) is 0 Å². The summed E-state index contributed by atoms with van der Waals surface area (Å²) < 4.78 is 4.65. The van der Waals surface area contributed by atoms with Gasteiger partial charge in [-0.3, -0.25) is 4.79 Å². The van der Waals surface area contributed by atoms with Gasteiger partial charge in [0.2, 0.25) is 0 Å². The van der Waals surface area contributed by atoms with E-state index < -0.39 is 0 Å². The Labute approximate surface area is 66.9 Å². The SMILES string of the molecule is C\C=C/C(C=O)=C\C=C\OC. The van der Waals surface area contributed by atoms with Crippen LogP contribution in [0.2, 0.25) is 0 Å². The zero-order chi connectivity index (χ0) is 8.53. The van der Waals surface area contributed by atoms with Gasteiger partial charge in [0, 0.05) is 5.57 Å². The lowest BCUT2D eigenvalue weighted by Gasteiger charge is -1.85. The van der Waals surface area contributed by atoms with E-state index in [2.05, 4.69) is 4.74 Å². The average molecular weight is 152 g/mol. The predicted molar refractivity (Wildman–Crippen MR) is 45.1 cm³/mol. The molecule has 0 heterocycles. The quantitative estimate of drug-likeness (QED) is 0.266. The van der Waals surface area contributed by atoms with Crippen molar-refractivity contribution in [2.24, 2.45) is 0 Å². The Hall–Kier alpha value is -1.31. The van der Waals surface area contributed by atoms with Crippen LogP contribution in [0.25, 0.3) is 0 Å². The Bertz CT molecular complexity index is 188. The van der Waals surface area contributed by atoms with Crippen molar-refractivity contribution in [1.82, 2.24) is 0 Å². The molecule has 60 valence electrons. The van der Waals surface area contributed by atoms with Gasteiger partial charge in [-0.2, -0.15) is 0 Å². The minimum Gasteiger partial charge on any atom is -0.504 e. The summed E-state index contributed by atoms with van der Waals surface area (Å²) in [5.74, 6) is 0. The van der Waals surface area contributed by atoms with Crippen LogP contribution in [0.1, 0.15) is 6.92 Å². The minimum atomic E-state index is 0.626. The van der Waals surface area contributed by atoms with Crippen molar-refractivity contribution in [3.05, 3.63) is 36.1 Å². The molecule has 11 heavy (non-hydrogen) atoms. The fourth-order valence-corrected chi connectivity index (χ4v) is 0.556. The number of carbonyl (C=O) groups is 1. The lowest BCUT2D eigenvalue weighted by molar-refractivity contribution is -0.104. The standard InChI is InChI=1S/C9H12O2/c1-3-5-9(8-10)6-4-7-11-2/h3-8H,1-2H3/b5-3-,7-4+,9-6+. The van der Waals surface area contributed by atoms with Crippen molar-refractivity contribution in [2.75, 3.05) is 7.11 Å². The van der Waals surface area contributed by atoms with Crippen molar-refractivity contribution < 1.29 is 9.53 Å².